The molecule has 0 N–H and O–H groups in total. The largest absolute Gasteiger partial charge is 0.493 e. The number of fused-ring (bicyclic) bond motifs is 3. The van der Waals surface area contributed by atoms with Crippen molar-refractivity contribution >= 4 is 47.6 Å². The minimum atomic E-state index is -2.18. The molecule has 0 unspecified atom stereocenters. The molecule has 2 heterocycles. The minimum Gasteiger partial charge on any atom is -0.493 e. The molecule has 0 saturated carbocycles. The maximum absolute atomic E-state index is 13.0. The van der Waals surface area contributed by atoms with Crippen molar-refractivity contribution in [3.63, 3.8) is 0 Å². The molecule has 0 amide bonds. The molecule has 0 bridgehead atoms. The molecule has 1 aromatic carbocycles. The van der Waals surface area contributed by atoms with Crippen LogP contribution in [-0.4, -0.2) is 65.9 Å². The highest BCUT2D eigenvalue weighted by molar-refractivity contribution is 6.88. The molecule has 3 rings (SSSR count). The fourth-order valence-corrected chi connectivity index (χ4v) is 5.43. The number of methoxy groups -OCH3 is 5. The van der Waals surface area contributed by atoms with Crippen molar-refractivity contribution in [1.82, 2.24) is 4.40 Å². The van der Waals surface area contributed by atoms with Crippen LogP contribution < -0.4 is 14.8 Å². The summed E-state index contributed by atoms with van der Waals surface area (Å²) in [5.41, 5.74) is -0.0487. The third kappa shape index (κ3) is 3.80. The first kappa shape index (κ1) is 24.1. The van der Waals surface area contributed by atoms with Crippen LogP contribution in [0, 0.1) is 0 Å². The van der Waals surface area contributed by atoms with Crippen LogP contribution in [0.15, 0.2) is 18.2 Å². The summed E-state index contributed by atoms with van der Waals surface area (Å²) in [6, 6.07) is 5.43. The number of hydrogen-bond donors (Lipinski definition) is 0. The molecule has 0 saturated heterocycles. The molecule has 0 aliphatic carbocycles. The molecule has 0 spiro atoms. The number of carbonyl (C=O) groups is 3. The van der Waals surface area contributed by atoms with Gasteiger partial charge in [0.15, 0.2) is 11.5 Å². The van der Waals surface area contributed by atoms with Crippen molar-refractivity contribution in [1.29, 1.82) is 0 Å². The number of pyridine rings is 1. The molecule has 0 radical (unpaired) electrons. The highest BCUT2D eigenvalue weighted by Crippen LogP contribution is 2.38. The molecule has 33 heavy (non-hydrogen) atoms. The molecule has 0 aliphatic rings. The molecule has 176 valence electrons. The second kappa shape index (κ2) is 8.78. The summed E-state index contributed by atoms with van der Waals surface area (Å²) < 4.78 is 27.6. The van der Waals surface area contributed by atoms with Gasteiger partial charge in [-0.3, -0.25) is 0 Å². The number of rotatable bonds is 6. The fourth-order valence-electron chi connectivity index (χ4n) is 3.94. The maximum Gasteiger partial charge on any atom is 0.355 e. The lowest BCUT2D eigenvalue weighted by molar-refractivity contribution is 0.0536. The first-order chi connectivity index (χ1) is 15.5. The van der Waals surface area contributed by atoms with Gasteiger partial charge in [0.25, 0.3) is 0 Å². The van der Waals surface area contributed by atoms with E-state index in [2.05, 4.69) is 19.6 Å². The van der Waals surface area contributed by atoms with Crippen LogP contribution in [-0.2, 0) is 14.2 Å². The summed E-state index contributed by atoms with van der Waals surface area (Å²) in [6.45, 7) is 6.27. The standard InChI is InChI=1S/C23H27NO8Si/c1-28-14-9-12-10-16(33(6,7)8)24-19(13(12)11-15(14)29-2)17(21(25)30-3)18(22(26)31-4)20(24)23(27)32-5/h9-11H,1-8H3. The van der Waals surface area contributed by atoms with Gasteiger partial charge in [-0.1, -0.05) is 19.6 Å². The Morgan fingerprint density at radius 1 is 0.727 bits per heavy atom. The monoisotopic (exact) mass is 473 g/mol. The van der Waals surface area contributed by atoms with Crippen LogP contribution in [0.4, 0.5) is 0 Å². The van der Waals surface area contributed by atoms with Crippen molar-refractivity contribution < 1.29 is 38.1 Å². The Balaban J connectivity index is 2.79. The van der Waals surface area contributed by atoms with E-state index in [1.165, 1.54) is 35.5 Å². The predicted molar refractivity (Wildman–Crippen MR) is 125 cm³/mol. The van der Waals surface area contributed by atoms with E-state index >= 15 is 0 Å². The first-order valence-electron chi connectivity index (χ1n) is 10.1. The van der Waals surface area contributed by atoms with Crippen LogP contribution in [0.25, 0.3) is 16.3 Å². The van der Waals surface area contributed by atoms with E-state index in [0.29, 0.717) is 22.4 Å². The van der Waals surface area contributed by atoms with Gasteiger partial charge in [0.1, 0.15) is 16.8 Å². The highest BCUT2D eigenvalue weighted by Gasteiger charge is 2.37. The number of nitrogens with zero attached hydrogens (tertiary/aromatic N) is 1. The van der Waals surface area contributed by atoms with Crippen LogP contribution >= 0.6 is 0 Å². The lowest BCUT2D eigenvalue weighted by atomic mass is 10.0. The molecular formula is C23H27NO8Si. The van der Waals surface area contributed by atoms with E-state index in [1.807, 2.05) is 6.07 Å². The van der Waals surface area contributed by atoms with E-state index in [-0.39, 0.29) is 16.8 Å². The highest BCUT2D eigenvalue weighted by atomic mass is 28.3. The molecule has 0 fully saturated rings. The first-order valence-corrected chi connectivity index (χ1v) is 13.6. The lowest BCUT2D eigenvalue weighted by Crippen LogP contribution is -2.43. The number of aromatic nitrogens is 1. The van der Waals surface area contributed by atoms with Crippen LogP contribution in [0.2, 0.25) is 19.6 Å². The van der Waals surface area contributed by atoms with E-state index < -0.39 is 26.0 Å². The molecule has 3 aromatic rings. The average Bonchev–Trinajstić information content (AvgIpc) is 3.16. The molecular weight excluding hydrogens is 446 g/mol. The van der Waals surface area contributed by atoms with Crippen molar-refractivity contribution in [3.05, 3.63) is 35.0 Å². The topological polar surface area (TPSA) is 102 Å². The van der Waals surface area contributed by atoms with Gasteiger partial charge in [-0.25, -0.2) is 14.4 Å². The van der Waals surface area contributed by atoms with Gasteiger partial charge >= 0.3 is 17.9 Å². The van der Waals surface area contributed by atoms with E-state index in [9.17, 15) is 14.4 Å². The molecule has 0 aliphatic heterocycles. The van der Waals surface area contributed by atoms with Crippen LogP contribution in [0.1, 0.15) is 31.2 Å². The van der Waals surface area contributed by atoms with Gasteiger partial charge in [0, 0.05) is 10.7 Å². The summed E-state index contributed by atoms with van der Waals surface area (Å²) in [5.74, 6) is -1.49. The van der Waals surface area contributed by atoms with Crippen molar-refractivity contribution in [3.8, 4) is 11.5 Å². The zero-order valence-corrected chi connectivity index (χ0v) is 20.9. The Kier molecular flexibility index (Phi) is 6.41. The summed E-state index contributed by atoms with van der Waals surface area (Å²) >= 11 is 0. The third-order valence-electron chi connectivity index (χ3n) is 5.44. The SMILES string of the molecule is COC(=O)c1c(C(=O)OC)c2c3cc(OC)c(OC)cc3cc([Si](C)(C)C)n2c1C(=O)OC. The van der Waals surface area contributed by atoms with Crippen molar-refractivity contribution in [2.45, 2.75) is 19.6 Å². The molecule has 2 aromatic heterocycles. The summed E-state index contributed by atoms with van der Waals surface area (Å²) in [6.07, 6.45) is 0. The van der Waals surface area contributed by atoms with Gasteiger partial charge in [0.05, 0.1) is 49.1 Å². The fraction of sp³-hybridized carbons (Fsp3) is 0.348. The van der Waals surface area contributed by atoms with Gasteiger partial charge < -0.3 is 28.1 Å². The van der Waals surface area contributed by atoms with Gasteiger partial charge in [-0.05, 0) is 23.6 Å². The number of ether oxygens (including phenoxy) is 5. The van der Waals surface area contributed by atoms with Crippen LogP contribution in [0.5, 0.6) is 11.5 Å². The Labute approximate surface area is 192 Å². The van der Waals surface area contributed by atoms with Gasteiger partial charge in [0.2, 0.25) is 0 Å². The third-order valence-corrected chi connectivity index (χ3v) is 7.35. The Morgan fingerprint density at radius 2 is 1.24 bits per heavy atom. The smallest absolute Gasteiger partial charge is 0.355 e. The predicted octanol–water partition coefficient (Wildman–Crippen LogP) is 3.01. The summed E-state index contributed by atoms with van der Waals surface area (Å²) in [4.78, 5) is 38.9. The number of hydrogen-bond acceptors (Lipinski definition) is 8. The zero-order chi connectivity index (χ0) is 24.7. The Hall–Kier alpha value is -3.53. The minimum absolute atomic E-state index is 0.0814. The number of carbonyl (C=O) groups excluding carboxylic acids is 3. The second-order valence-electron chi connectivity index (χ2n) is 8.33. The van der Waals surface area contributed by atoms with Gasteiger partial charge in [-0.15, -0.1) is 0 Å². The Morgan fingerprint density at radius 3 is 1.73 bits per heavy atom. The quantitative estimate of drug-likeness (QED) is 0.306. The summed E-state index contributed by atoms with van der Waals surface area (Å²) in [7, 11) is 4.45. The van der Waals surface area contributed by atoms with Crippen molar-refractivity contribution in [2.24, 2.45) is 0 Å². The second-order valence-corrected chi connectivity index (χ2v) is 13.3. The number of esters is 3. The van der Waals surface area contributed by atoms with Gasteiger partial charge in [-0.2, -0.15) is 0 Å². The summed E-state index contributed by atoms with van der Waals surface area (Å²) in [5, 5.41) is 2.10. The van der Waals surface area contributed by atoms with E-state index in [0.717, 1.165) is 10.7 Å². The molecule has 9 nitrogen and oxygen atoms in total. The normalized spacial score (nSPS) is 11.4. The zero-order valence-electron chi connectivity index (χ0n) is 19.9. The Bertz CT molecular complexity index is 1290. The maximum atomic E-state index is 13.0. The lowest BCUT2D eigenvalue weighted by Gasteiger charge is -2.22. The molecule has 10 heteroatoms. The van der Waals surface area contributed by atoms with E-state index in [1.54, 1.807) is 16.5 Å². The molecule has 0 atom stereocenters. The van der Waals surface area contributed by atoms with E-state index in [4.69, 9.17) is 23.7 Å². The van der Waals surface area contributed by atoms with Crippen LogP contribution in [0.3, 0.4) is 0 Å². The average molecular weight is 474 g/mol. The number of benzene rings is 1. The van der Waals surface area contributed by atoms with Crippen molar-refractivity contribution in [2.75, 3.05) is 35.5 Å².